The van der Waals surface area contributed by atoms with E-state index in [1.165, 1.54) is 48.8 Å². The van der Waals surface area contributed by atoms with Gasteiger partial charge in [-0.05, 0) is 74.3 Å². The fourth-order valence-corrected chi connectivity index (χ4v) is 4.62. The van der Waals surface area contributed by atoms with Crippen molar-refractivity contribution in [2.24, 2.45) is 17.3 Å². The predicted molar refractivity (Wildman–Crippen MR) is 97.2 cm³/mol. The highest BCUT2D eigenvalue weighted by Gasteiger charge is 2.32. The van der Waals surface area contributed by atoms with Crippen LogP contribution in [0.15, 0.2) is 18.2 Å². The lowest BCUT2D eigenvalue weighted by molar-refractivity contribution is 0.149. The van der Waals surface area contributed by atoms with Crippen LogP contribution < -0.4 is 0 Å². The van der Waals surface area contributed by atoms with Gasteiger partial charge in [-0.3, -0.25) is 0 Å². The Morgan fingerprint density at radius 3 is 2.29 bits per heavy atom. The largest absolute Gasteiger partial charge is 0.0884 e. The molecule has 0 radical (unpaired) electrons. The lowest BCUT2D eigenvalue weighted by Crippen LogP contribution is -2.29. The van der Waals surface area contributed by atoms with Crippen LogP contribution in [0, 0.1) is 31.1 Å². The zero-order chi connectivity index (χ0) is 15.6. The van der Waals surface area contributed by atoms with Crippen molar-refractivity contribution < 1.29 is 0 Å². The molecule has 1 heteroatoms. The zero-order valence-corrected chi connectivity index (χ0v) is 16.0. The maximum atomic E-state index is 4.01. The van der Waals surface area contributed by atoms with E-state index in [4.69, 9.17) is 0 Å². The van der Waals surface area contributed by atoms with Gasteiger partial charge < -0.3 is 0 Å². The summed E-state index contributed by atoms with van der Waals surface area (Å²) in [6.07, 6.45) is 6.77. The first-order valence-electron chi connectivity index (χ1n) is 8.47. The monoisotopic (exact) mass is 350 g/mol. The molecule has 0 nitrogen and oxygen atoms in total. The van der Waals surface area contributed by atoms with Gasteiger partial charge in [-0.2, -0.15) is 0 Å². The summed E-state index contributed by atoms with van der Waals surface area (Å²) in [7, 11) is 0. The predicted octanol–water partition coefficient (Wildman–Crippen LogP) is 6.46. The smallest absolute Gasteiger partial charge is 0.0214 e. The normalized spacial score (nSPS) is 24.9. The molecule has 1 atom stereocenters. The quantitative estimate of drug-likeness (QED) is 0.548. The van der Waals surface area contributed by atoms with E-state index in [0.717, 1.165) is 11.8 Å². The van der Waals surface area contributed by atoms with Crippen LogP contribution in [0.2, 0.25) is 0 Å². The summed E-state index contributed by atoms with van der Waals surface area (Å²) in [4.78, 5) is 0.638. The Bertz CT molecular complexity index is 461. The van der Waals surface area contributed by atoms with Crippen LogP contribution in [0.4, 0.5) is 0 Å². The second-order valence-electron chi connectivity index (χ2n) is 8.13. The van der Waals surface area contributed by atoms with Crippen LogP contribution in [0.1, 0.15) is 63.1 Å². The van der Waals surface area contributed by atoms with E-state index in [-0.39, 0.29) is 0 Å². The zero-order valence-electron chi connectivity index (χ0n) is 14.4. The van der Waals surface area contributed by atoms with Crippen molar-refractivity contribution in [3.05, 3.63) is 34.9 Å². The van der Waals surface area contributed by atoms with Gasteiger partial charge in [0, 0.05) is 4.83 Å². The standard InChI is InChI=1S/C20H31Br/c1-14-6-7-15(2)17(12-14)13-19(21)16-8-10-18(11-9-16)20(3,4)5/h6-7,12,16,18-19H,8-11,13H2,1-5H3. The van der Waals surface area contributed by atoms with E-state index in [1.807, 2.05) is 0 Å². The molecule has 0 aromatic heterocycles. The molecule has 0 amide bonds. The average Bonchev–Trinajstić information content (AvgIpc) is 2.42. The summed E-state index contributed by atoms with van der Waals surface area (Å²) in [6.45, 7) is 11.6. The minimum atomic E-state index is 0.486. The van der Waals surface area contributed by atoms with Gasteiger partial charge in [0.1, 0.15) is 0 Å². The topological polar surface area (TPSA) is 0 Å². The minimum Gasteiger partial charge on any atom is -0.0884 e. The van der Waals surface area contributed by atoms with Crippen molar-refractivity contribution in [2.45, 2.75) is 71.5 Å². The van der Waals surface area contributed by atoms with Crippen LogP contribution in [0.25, 0.3) is 0 Å². The molecule has 21 heavy (non-hydrogen) atoms. The van der Waals surface area contributed by atoms with Gasteiger partial charge in [0.15, 0.2) is 0 Å². The molecular formula is C20H31Br. The van der Waals surface area contributed by atoms with Crippen molar-refractivity contribution in [1.82, 2.24) is 0 Å². The number of aryl methyl sites for hydroxylation is 2. The molecule has 118 valence electrons. The van der Waals surface area contributed by atoms with Gasteiger partial charge in [-0.1, -0.05) is 60.5 Å². The minimum absolute atomic E-state index is 0.486. The molecule has 1 saturated carbocycles. The Labute approximate surface area is 139 Å². The maximum Gasteiger partial charge on any atom is 0.0214 e. The molecule has 1 aromatic rings. The van der Waals surface area contributed by atoms with Gasteiger partial charge in [-0.25, -0.2) is 0 Å². The van der Waals surface area contributed by atoms with Crippen LogP contribution in [0.5, 0.6) is 0 Å². The van der Waals surface area contributed by atoms with Gasteiger partial charge >= 0.3 is 0 Å². The van der Waals surface area contributed by atoms with Crippen molar-refractivity contribution in [3.8, 4) is 0 Å². The first-order chi connectivity index (χ1) is 9.77. The molecule has 1 unspecified atom stereocenters. The SMILES string of the molecule is Cc1ccc(C)c(CC(Br)C2CCC(C(C)(C)C)CC2)c1. The molecule has 1 aliphatic carbocycles. The highest BCUT2D eigenvalue weighted by Crippen LogP contribution is 2.42. The molecule has 0 bridgehead atoms. The van der Waals surface area contributed by atoms with E-state index < -0.39 is 0 Å². The maximum absolute atomic E-state index is 4.01. The number of hydrogen-bond acceptors (Lipinski definition) is 0. The molecule has 0 aliphatic heterocycles. The van der Waals surface area contributed by atoms with Crippen LogP contribution in [-0.4, -0.2) is 4.83 Å². The number of hydrogen-bond donors (Lipinski definition) is 0. The Kier molecular flexibility index (Phi) is 5.57. The lowest BCUT2D eigenvalue weighted by atomic mass is 9.69. The fourth-order valence-electron chi connectivity index (χ4n) is 3.74. The van der Waals surface area contributed by atoms with Gasteiger partial charge in [-0.15, -0.1) is 0 Å². The van der Waals surface area contributed by atoms with E-state index in [1.54, 1.807) is 0 Å². The molecule has 1 aromatic carbocycles. The Hall–Kier alpha value is -0.300. The van der Waals surface area contributed by atoms with E-state index in [2.05, 4.69) is 68.7 Å². The van der Waals surface area contributed by atoms with Crippen molar-refractivity contribution >= 4 is 15.9 Å². The van der Waals surface area contributed by atoms with Crippen molar-refractivity contribution in [3.63, 3.8) is 0 Å². The summed E-state index contributed by atoms with van der Waals surface area (Å²) in [5.74, 6) is 1.76. The van der Waals surface area contributed by atoms with Gasteiger partial charge in [0.2, 0.25) is 0 Å². The number of benzene rings is 1. The first kappa shape index (κ1) is 17.1. The lowest BCUT2D eigenvalue weighted by Gasteiger charge is -2.38. The number of halogens is 1. The van der Waals surface area contributed by atoms with Crippen LogP contribution in [0.3, 0.4) is 0 Å². The molecule has 0 heterocycles. The third kappa shape index (κ3) is 4.58. The highest BCUT2D eigenvalue weighted by atomic mass is 79.9. The molecule has 0 N–H and O–H groups in total. The summed E-state index contributed by atoms with van der Waals surface area (Å²) < 4.78 is 0. The fraction of sp³-hybridized carbons (Fsp3) is 0.700. The molecule has 2 rings (SSSR count). The molecule has 0 spiro atoms. The third-order valence-corrected chi connectivity index (χ3v) is 6.50. The first-order valence-corrected chi connectivity index (χ1v) is 9.39. The number of alkyl halides is 1. The Morgan fingerprint density at radius 2 is 1.71 bits per heavy atom. The van der Waals surface area contributed by atoms with Crippen LogP contribution >= 0.6 is 15.9 Å². The summed E-state index contributed by atoms with van der Waals surface area (Å²) in [6, 6.07) is 6.85. The van der Waals surface area contributed by atoms with Crippen molar-refractivity contribution in [2.75, 3.05) is 0 Å². The molecule has 1 fully saturated rings. The van der Waals surface area contributed by atoms with E-state index in [0.29, 0.717) is 10.2 Å². The third-order valence-electron chi connectivity index (χ3n) is 5.43. The molecular weight excluding hydrogens is 320 g/mol. The molecule has 1 aliphatic rings. The van der Waals surface area contributed by atoms with E-state index in [9.17, 15) is 0 Å². The Morgan fingerprint density at radius 1 is 1.10 bits per heavy atom. The van der Waals surface area contributed by atoms with Crippen molar-refractivity contribution in [1.29, 1.82) is 0 Å². The van der Waals surface area contributed by atoms with Gasteiger partial charge in [0.05, 0.1) is 0 Å². The summed E-state index contributed by atoms with van der Waals surface area (Å²) in [5, 5.41) is 0. The molecule has 0 saturated heterocycles. The van der Waals surface area contributed by atoms with Crippen LogP contribution in [-0.2, 0) is 6.42 Å². The summed E-state index contributed by atoms with van der Waals surface area (Å²) in [5.41, 5.74) is 4.83. The second-order valence-corrected chi connectivity index (χ2v) is 9.30. The number of rotatable bonds is 3. The summed E-state index contributed by atoms with van der Waals surface area (Å²) >= 11 is 4.01. The second kappa shape index (κ2) is 6.86. The average molecular weight is 351 g/mol. The van der Waals surface area contributed by atoms with E-state index >= 15 is 0 Å². The highest BCUT2D eigenvalue weighted by molar-refractivity contribution is 9.09. The van der Waals surface area contributed by atoms with Gasteiger partial charge in [0.25, 0.3) is 0 Å². The Balaban J connectivity index is 1.93.